The van der Waals surface area contributed by atoms with Crippen LogP contribution in [-0.4, -0.2) is 17.1 Å². The van der Waals surface area contributed by atoms with E-state index in [1.165, 1.54) is 5.56 Å². The molecule has 0 atom stereocenters. The fourth-order valence-electron chi connectivity index (χ4n) is 1.97. The number of hydrogen-bond acceptors (Lipinski definition) is 3. The highest BCUT2D eigenvalue weighted by molar-refractivity contribution is 9.10. The van der Waals surface area contributed by atoms with Crippen molar-refractivity contribution in [2.24, 2.45) is 0 Å². The lowest BCUT2D eigenvalue weighted by Gasteiger charge is -2.17. The number of anilines is 1. The highest BCUT2D eigenvalue weighted by atomic mass is 79.9. The Labute approximate surface area is 121 Å². The first-order valence-electron chi connectivity index (χ1n) is 6.05. The van der Waals surface area contributed by atoms with E-state index in [-0.39, 0.29) is 5.75 Å². The van der Waals surface area contributed by atoms with Gasteiger partial charge in [-0.25, -0.2) is 0 Å². The average Bonchev–Trinajstić information content (AvgIpc) is 2.37. The van der Waals surface area contributed by atoms with E-state index in [1.807, 2.05) is 24.3 Å². The second-order valence-electron chi connectivity index (χ2n) is 4.69. The summed E-state index contributed by atoms with van der Waals surface area (Å²) in [4.78, 5) is 2.20. The first-order valence-corrected chi connectivity index (χ1v) is 6.84. The molecule has 0 heterocycles. The Morgan fingerprint density at radius 3 is 2.26 bits per heavy atom. The van der Waals surface area contributed by atoms with Gasteiger partial charge in [0.2, 0.25) is 0 Å². The van der Waals surface area contributed by atoms with Crippen LogP contribution in [0.2, 0.25) is 0 Å². The fourth-order valence-corrected chi connectivity index (χ4v) is 2.24. The van der Waals surface area contributed by atoms with E-state index in [9.17, 15) is 5.11 Å². The molecule has 0 aliphatic heterocycles. The predicted octanol–water partition coefficient (Wildman–Crippen LogP) is 3.37. The molecule has 2 aromatic carbocycles. The van der Waals surface area contributed by atoms with Gasteiger partial charge in [-0.2, -0.15) is 0 Å². The van der Waals surface area contributed by atoms with Crippen LogP contribution >= 0.6 is 15.9 Å². The second-order valence-corrected chi connectivity index (χ2v) is 5.61. The van der Waals surface area contributed by atoms with E-state index in [0.717, 1.165) is 23.1 Å². The van der Waals surface area contributed by atoms with Gasteiger partial charge in [0.1, 0.15) is 5.75 Å². The van der Waals surface area contributed by atoms with E-state index in [0.29, 0.717) is 5.69 Å². The molecule has 2 aromatic rings. The molecule has 0 aliphatic carbocycles. The van der Waals surface area contributed by atoms with Crippen molar-refractivity contribution in [2.45, 2.75) is 13.1 Å². The molecule has 0 radical (unpaired) electrons. The smallest absolute Gasteiger partial charge is 0.138 e. The molecule has 0 fully saturated rings. The predicted molar refractivity (Wildman–Crippen MR) is 81.8 cm³/mol. The normalized spacial score (nSPS) is 10.9. The third-order valence-corrected chi connectivity index (χ3v) is 3.44. The summed E-state index contributed by atoms with van der Waals surface area (Å²) in [6.07, 6.45) is 0. The standard InChI is InChI=1S/C15H17BrN2O/c1-18(9-11-2-5-13(16)6-3-11)10-12-4-7-15(19)14(17)8-12/h2-8,19H,9-10,17H2,1H3. The molecule has 3 nitrogen and oxygen atoms in total. The minimum absolute atomic E-state index is 0.138. The lowest BCUT2D eigenvalue weighted by Crippen LogP contribution is -2.17. The molecule has 0 amide bonds. The zero-order valence-corrected chi connectivity index (χ0v) is 12.4. The second kappa shape index (κ2) is 6.08. The number of nitrogens with zero attached hydrogens (tertiary/aromatic N) is 1. The monoisotopic (exact) mass is 320 g/mol. The van der Waals surface area contributed by atoms with Crippen LogP contribution in [0.15, 0.2) is 46.9 Å². The molecular formula is C15H17BrN2O. The van der Waals surface area contributed by atoms with E-state index >= 15 is 0 Å². The van der Waals surface area contributed by atoms with Gasteiger partial charge >= 0.3 is 0 Å². The molecule has 4 heteroatoms. The summed E-state index contributed by atoms with van der Waals surface area (Å²) >= 11 is 3.43. The number of nitrogens with two attached hydrogens (primary N) is 1. The molecule has 19 heavy (non-hydrogen) atoms. The maximum absolute atomic E-state index is 9.40. The van der Waals surface area contributed by atoms with Crippen LogP contribution in [0.4, 0.5) is 5.69 Å². The number of nitrogen functional groups attached to an aromatic ring is 1. The van der Waals surface area contributed by atoms with E-state index in [4.69, 9.17) is 5.73 Å². The van der Waals surface area contributed by atoms with Gasteiger partial charge in [0.25, 0.3) is 0 Å². The van der Waals surface area contributed by atoms with Gasteiger partial charge < -0.3 is 10.8 Å². The SMILES string of the molecule is CN(Cc1ccc(Br)cc1)Cc1ccc(O)c(N)c1. The van der Waals surface area contributed by atoms with Gasteiger partial charge in [-0.1, -0.05) is 34.1 Å². The van der Waals surface area contributed by atoms with Crippen molar-refractivity contribution >= 4 is 21.6 Å². The van der Waals surface area contributed by atoms with Crippen molar-refractivity contribution in [1.82, 2.24) is 4.90 Å². The summed E-state index contributed by atoms with van der Waals surface area (Å²) in [6, 6.07) is 13.6. The van der Waals surface area contributed by atoms with Gasteiger partial charge in [0, 0.05) is 17.6 Å². The van der Waals surface area contributed by atoms with E-state index in [2.05, 4.69) is 40.0 Å². The topological polar surface area (TPSA) is 49.5 Å². The average molecular weight is 321 g/mol. The van der Waals surface area contributed by atoms with Crippen LogP contribution in [0.5, 0.6) is 5.75 Å². The van der Waals surface area contributed by atoms with Gasteiger partial charge in [0.05, 0.1) is 5.69 Å². The van der Waals surface area contributed by atoms with Crippen LogP contribution in [0.25, 0.3) is 0 Å². The lowest BCUT2D eigenvalue weighted by atomic mass is 10.1. The molecule has 0 saturated carbocycles. The fraction of sp³-hybridized carbons (Fsp3) is 0.200. The number of rotatable bonds is 4. The minimum Gasteiger partial charge on any atom is -0.506 e. The third kappa shape index (κ3) is 3.98. The van der Waals surface area contributed by atoms with Crippen LogP contribution in [0.1, 0.15) is 11.1 Å². The maximum atomic E-state index is 9.40. The van der Waals surface area contributed by atoms with Crippen molar-refractivity contribution in [3.05, 3.63) is 58.1 Å². The van der Waals surface area contributed by atoms with Gasteiger partial charge in [-0.15, -0.1) is 0 Å². The zero-order valence-electron chi connectivity index (χ0n) is 10.8. The molecular weight excluding hydrogens is 304 g/mol. The summed E-state index contributed by atoms with van der Waals surface area (Å²) in [5.74, 6) is 0.138. The quantitative estimate of drug-likeness (QED) is 0.670. The van der Waals surface area contributed by atoms with Crippen LogP contribution in [0, 0.1) is 0 Å². The number of benzene rings is 2. The molecule has 0 aromatic heterocycles. The number of aromatic hydroxyl groups is 1. The Balaban J connectivity index is 1.98. The van der Waals surface area contributed by atoms with Crippen molar-refractivity contribution in [1.29, 1.82) is 0 Å². The highest BCUT2D eigenvalue weighted by Crippen LogP contribution is 2.21. The van der Waals surface area contributed by atoms with Crippen molar-refractivity contribution in [3.63, 3.8) is 0 Å². The Bertz CT molecular complexity index is 555. The van der Waals surface area contributed by atoms with Crippen molar-refractivity contribution < 1.29 is 5.11 Å². The highest BCUT2D eigenvalue weighted by Gasteiger charge is 2.04. The molecule has 0 bridgehead atoms. The number of halogens is 1. The largest absolute Gasteiger partial charge is 0.506 e. The summed E-state index contributed by atoms with van der Waals surface area (Å²) in [5, 5.41) is 9.40. The van der Waals surface area contributed by atoms with Crippen molar-refractivity contribution in [3.8, 4) is 5.75 Å². The zero-order chi connectivity index (χ0) is 13.8. The van der Waals surface area contributed by atoms with Crippen LogP contribution < -0.4 is 5.73 Å². The van der Waals surface area contributed by atoms with Gasteiger partial charge in [-0.05, 0) is 42.4 Å². The molecule has 0 spiro atoms. The van der Waals surface area contributed by atoms with Crippen LogP contribution in [0.3, 0.4) is 0 Å². The Morgan fingerprint density at radius 2 is 1.63 bits per heavy atom. The molecule has 3 N–H and O–H groups in total. The molecule has 0 saturated heterocycles. The molecule has 0 unspecified atom stereocenters. The Kier molecular flexibility index (Phi) is 4.45. The number of phenols is 1. The van der Waals surface area contributed by atoms with Crippen molar-refractivity contribution in [2.75, 3.05) is 12.8 Å². The summed E-state index contributed by atoms with van der Waals surface area (Å²) in [7, 11) is 2.06. The summed E-state index contributed by atoms with van der Waals surface area (Å²) in [5.41, 5.74) is 8.47. The molecule has 0 aliphatic rings. The number of hydrogen-bond donors (Lipinski definition) is 2. The molecule has 100 valence electrons. The number of phenolic OH excluding ortho intramolecular Hbond substituents is 1. The summed E-state index contributed by atoms with van der Waals surface area (Å²) < 4.78 is 1.09. The van der Waals surface area contributed by atoms with Gasteiger partial charge in [0.15, 0.2) is 0 Å². The first kappa shape index (κ1) is 13.9. The summed E-state index contributed by atoms with van der Waals surface area (Å²) in [6.45, 7) is 1.66. The van der Waals surface area contributed by atoms with Gasteiger partial charge in [-0.3, -0.25) is 4.90 Å². The lowest BCUT2D eigenvalue weighted by molar-refractivity contribution is 0.319. The minimum atomic E-state index is 0.138. The third-order valence-electron chi connectivity index (χ3n) is 2.91. The maximum Gasteiger partial charge on any atom is 0.138 e. The first-order chi connectivity index (χ1) is 9.04. The molecule has 2 rings (SSSR count). The van der Waals surface area contributed by atoms with Crippen LogP contribution in [-0.2, 0) is 13.1 Å². The van der Waals surface area contributed by atoms with E-state index in [1.54, 1.807) is 6.07 Å². The van der Waals surface area contributed by atoms with E-state index < -0.39 is 0 Å². The Morgan fingerprint density at radius 1 is 1.05 bits per heavy atom. The Hall–Kier alpha value is -1.52.